The minimum absolute atomic E-state index is 0.587. The Morgan fingerprint density at radius 3 is 2.50 bits per heavy atom. The molecule has 0 spiro atoms. The van der Waals surface area contributed by atoms with Crippen molar-refractivity contribution in [3.63, 3.8) is 0 Å². The first-order valence-electron chi connectivity index (χ1n) is 8.95. The second kappa shape index (κ2) is 7.82. The summed E-state index contributed by atoms with van der Waals surface area (Å²) in [5.74, 6) is 3.97. The van der Waals surface area contributed by atoms with Crippen molar-refractivity contribution in [3.8, 4) is 0 Å². The molecule has 24 heavy (non-hydrogen) atoms. The molecule has 0 atom stereocenters. The monoisotopic (exact) mass is 381 g/mol. The van der Waals surface area contributed by atoms with Crippen LogP contribution in [0.1, 0.15) is 36.8 Å². The van der Waals surface area contributed by atoms with E-state index in [1.807, 2.05) is 12.1 Å². The summed E-state index contributed by atoms with van der Waals surface area (Å²) < 4.78 is 1.69. The molecule has 2 heterocycles. The molecule has 1 aliphatic heterocycles. The predicted octanol–water partition coefficient (Wildman–Crippen LogP) is 6.18. The highest BCUT2D eigenvalue weighted by atomic mass is 35.5. The molecule has 0 aliphatic carbocycles. The molecule has 0 saturated heterocycles. The van der Waals surface area contributed by atoms with Gasteiger partial charge in [-0.25, -0.2) is 10.0 Å². The van der Waals surface area contributed by atoms with E-state index in [0.717, 1.165) is 24.7 Å². The van der Waals surface area contributed by atoms with Gasteiger partial charge >= 0.3 is 0 Å². The summed E-state index contributed by atoms with van der Waals surface area (Å²) in [7, 11) is -0.587. The fourth-order valence-electron chi connectivity index (χ4n) is 3.62. The van der Waals surface area contributed by atoms with Gasteiger partial charge in [0.2, 0.25) is 0 Å². The molecule has 1 aromatic heterocycles. The Morgan fingerprint density at radius 1 is 1.12 bits per heavy atom. The van der Waals surface area contributed by atoms with Crippen LogP contribution in [0.3, 0.4) is 0 Å². The predicted molar refractivity (Wildman–Crippen MR) is 111 cm³/mol. The van der Waals surface area contributed by atoms with E-state index in [2.05, 4.69) is 55.2 Å². The lowest BCUT2D eigenvalue weighted by Gasteiger charge is -2.36. The Kier molecular flexibility index (Phi) is 5.97. The number of hydrogen-bond donors (Lipinski definition) is 0. The van der Waals surface area contributed by atoms with Gasteiger partial charge in [0, 0.05) is 33.7 Å². The lowest BCUT2D eigenvalue weighted by Crippen LogP contribution is -2.29. The molecule has 3 rings (SSSR count). The van der Waals surface area contributed by atoms with Crippen molar-refractivity contribution in [1.82, 2.24) is 4.90 Å². The van der Waals surface area contributed by atoms with E-state index in [9.17, 15) is 0 Å². The first kappa shape index (κ1) is 18.3. The van der Waals surface area contributed by atoms with Gasteiger partial charge in [-0.1, -0.05) is 50.6 Å². The standard InChI is InChI=1S/C20H28ClNS2/c1-4-24(5-2,6-3)20-13-17-15-22(12-11-19(17)23-20)14-16-9-7-8-10-18(16)21/h7-10,13H,4-6,11-12,14-15H2,1-3H3. The van der Waals surface area contributed by atoms with Crippen LogP contribution in [0.25, 0.3) is 0 Å². The van der Waals surface area contributed by atoms with Gasteiger partial charge < -0.3 is 0 Å². The highest BCUT2D eigenvalue weighted by Gasteiger charge is 2.27. The molecule has 0 N–H and O–H groups in total. The first-order valence-corrected chi connectivity index (χ1v) is 12.3. The van der Waals surface area contributed by atoms with Crippen LogP contribution >= 0.6 is 33.0 Å². The van der Waals surface area contributed by atoms with Gasteiger partial charge in [-0.05, 0) is 46.9 Å². The Morgan fingerprint density at radius 2 is 1.83 bits per heavy atom. The van der Waals surface area contributed by atoms with Crippen LogP contribution in [0.15, 0.2) is 34.5 Å². The molecule has 2 aromatic rings. The molecule has 132 valence electrons. The third-order valence-corrected chi connectivity index (χ3v) is 12.4. The fraction of sp³-hybridized carbons (Fsp3) is 0.500. The average Bonchev–Trinajstić information content (AvgIpc) is 3.03. The molecule has 0 radical (unpaired) electrons. The number of rotatable bonds is 6. The van der Waals surface area contributed by atoms with Crippen LogP contribution in [0.2, 0.25) is 5.02 Å². The fourth-order valence-corrected chi connectivity index (χ4v) is 9.25. The topological polar surface area (TPSA) is 3.24 Å². The molecule has 0 amide bonds. The third kappa shape index (κ3) is 3.55. The van der Waals surface area contributed by atoms with E-state index in [0.29, 0.717) is 0 Å². The maximum Gasteiger partial charge on any atom is 0.0451 e. The van der Waals surface area contributed by atoms with Crippen LogP contribution in [0, 0.1) is 0 Å². The van der Waals surface area contributed by atoms with Gasteiger partial charge in [-0.15, -0.1) is 11.3 Å². The van der Waals surface area contributed by atoms with Crippen LogP contribution in [0.5, 0.6) is 0 Å². The van der Waals surface area contributed by atoms with E-state index in [4.69, 9.17) is 11.6 Å². The lowest BCUT2D eigenvalue weighted by atomic mass is 10.1. The summed E-state index contributed by atoms with van der Waals surface area (Å²) >= 11 is 8.45. The Labute approximate surface area is 157 Å². The van der Waals surface area contributed by atoms with Crippen molar-refractivity contribution in [2.45, 2.75) is 44.5 Å². The van der Waals surface area contributed by atoms with Gasteiger partial charge in [-0.3, -0.25) is 4.90 Å². The highest BCUT2D eigenvalue weighted by molar-refractivity contribution is 8.34. The molecule has 0 bridgehead atoms. The summed E-state index contributed by atoms with van der Waals surface area (Å²) in [6.07, 6.45) is 1.19. The number of halogens is 1. The summed E-state index contributed by atoms with van der Waals surface area (Å²) in [5.41, 5.74) is 2.81. The molecule has 1 aromatic carbocycles. The van der Waals surface area contributed by atoms with Gasteiger partial charge in [0.25, 0.3) is 0 Å². The maximum absolute atomic E-state index is 6.34. The second-order valence-corrected chi connectivity index (χ2v) is 12.5. The Balaban J connectivity index is 1.78. The van der Waals surface area contributed by atoms with Gasteiger partial charge in [0.1, 0.15) is 0 Å². The average molecular weight is 382 g/mol. The quantitative estimate of drug-likeness (QED) is 0.577. The van der Waals surface area contributed by atoms with E-state index in [1.165, 1.54) is 29.2 Å². The lowest BCUT2D eigenvalue weighted by molar-refractivity contribution is 0.247. The molecule has 1 aliphatic rings. The number of fused-ring (bicyclic) bond motifs is 1. The number of thiophene rings is 1. The summed E-state index contributed by atoms with van der Waals surface area (Å²) in [4.78, 5) is 4.17. The van der Waals surface area contributed by atoms with Gasteiger partial charge in [0.05, 0.1) is 0 Å². The minimum Gasteiger partial charge on any atom is -0.294 e. The number of benzene rings is 1. The van der Waals surface area contributed by atoms with E-state index < -0.39 is 10.0 Å². The van der Waals surface area contributed by atoms with Crippen molar-refractivity contribution < 1.29 is 0 Å². The second-order valence-electron chi connectivity index (χ2n) is 6.48. The van der Waals surface area contributed by atoms with Crippen LogP contribution in [-0.4, -0.2) is 28.7 Å². The van der Waals surface area contributed by atoms with E-state index in [-0.39, 0.29) is 0 Å². The van der Waals surface area contributed by atoms with Gasteiger partial charge in [0.15, 0.2) is 0 Å². The van der Waals surface area contributed by atoms with Crippen molar-refractivity contribution in [2.75, 3.05) is 23.8 Å². The largest absolute Gasteiger partial charge is 0.294 e. The summed E-state index contributed by atoms with van der Waals surface area (Å²) in [6, 6.07) is 10.8. The number of hydrogen-bond acceptors (Lipinski definition) is 2. The minimum atomic E-state index is -0.587. The zero-order valence-corrected chi connectivity index (χ0v) is 17.4. The first-order chi connectivity index (χ1) is 11.6. The zero-order chi connectivity index (χ0) is 17.2. The van der Waals surface area contributed by atoms with Crippen molar-refractivity contribution >= 4 is 33.0 Å². The van der Waals surface area contributed by atoms with Gasteiger partial charge in [-0.2, -0.15) is 0 Å². The molecule has 0 saturated carbocycles. The third-order valence-electron chi connectivity index (χ3n) is 5.36. The van der Waals surface area contributed by atoms with Crippen molar-refractivity contribution in [3.05, 3.63) is 51.4 Å². The molecule has 4 heteroatoms. The molecule has 0 unspecified atom stereocenters. The highest BCUT2D eigenvalue weighted by Crippen LogP contribution is 2.58. The molecule has 1 nitrogen and oxygen atoms in total. The van der Waals surface area contributed by atoms with E-state index in [1.54, 1.807) is 14.6 Å². The summed E-state index contributed by atoms with van der Waals surface area (Å²) in [6.45, 7) is 10.3. The molecule has 0 fully saturated rings. The van der Waals surface area contributed by atoms with Crippen molar-refractivity contribution in [1.29, 1.82) is 0 Å². The van der Waals surface area contributed by atoms with E-state index >= 15 is 0 Å². The van der Waals surface area contributed by atoms with Crippen molar-refractivity contribution in [2.24, 2.45) is 0 Å². The smallest absolute Gasteiger partial charge is 0.0451 e. The van der Waals surface area contributed by atoms with Crippen LogP contribution in [-0.2, 0) is 19.5 Å². The Bertz CT molecular complexity index is 682. The zero-order valence-electron chi connectivity index (χ0n) is 15.0. The normalized spacial score (nSPS) is 16.2. The van der Waals surface area contributed by atoms with Crippen LogP contribution < -0.4 is 0 Å². The number of nitrogens with zero attached hydrogens (tertiary/aromatic N) is 1. The molecular weight excluding hydrogens is 354 g/mol. The Hall–Kier alpha value is -0.480. The summed E-state index contributed by atoms with van der Waals surface area (Å²) in [5, 5.41) is 0.890. The molecular formula is C20H28ClNS2. The SMILES string of the molecule is CCS(CC)(CC)c1cc2c(s1)CCN(Cc1ccccc1Cl)C2. The van der Waals surface area contributed by atoms with Crippen LogP contribution in [0.4, 0.5) is 0 Å². The maximum atomic E-state index is 6.34.